The molecule has 1 aliphatic carbocycles. The summed E-state index contributed by atoms with van der Waals surface area (Å²) in [5.41, 5.74) is 8.62. The monoisotopic (exact) mass is 452 g/mol. The maximum atomic E-state index is 5.74. The predicted octanol–water partition coefficient (Wildman–Crippen LogP) is 7.46. The quantitative estimate of drug-likeness (QED) is 0.285. The van der Waals surface area contributed by atoms with Crippen LogP contribution in [0.25, 0.3) is 49.9 Å². The van der Waals surface area contributed by atoms with Crippen molar-refractivity contribution in [3.63, 3.8) is 0 Å². The topological polar surface area (TPSA) is 34.5 Å². The number of benzene rings is 4. The van der Waals surface area contributed by atoms with Gasteiger partial charge in [0.2, 0.25) is 5.90 Å². The molecule has 5 aromatic rings. The van der Waals surface area contributed by atoms with Crippen molar-refractivity contribution in [3.8, 4) is 22.3 Å². The number of aliphatic imine (C=N–C) groups is 1. The van der Waals surface area contributed by atoms with E-state index in [0.717, 1.165) is 24.0 Å². The number of rotatable bonds is 3. The standard InChI is InChI=1S/C32H24N2O/c1-2-8-22-17-23(14-13-21(22)7-1)30-26-9-3-5-11-28(26)31(29-12-6-4-10-27(29)30)24-18-25(20-33-19-24)32-34-15-16-35-32/h1-5,7-11,13-14,17-20H,6,12,15-16H2. The summed E-state index contributed by atoms with van der Waals surface area (Å²) >= 11 is 0. The van der Waals surface area contributed by atoms with Gasteiger partial charge in [-0.3, -0.25) is 4.98 Å². The number of ether oxygens (including phenoxy) is 1. The first kappa shape index (κ1) is 20.2. The highest BCUT2D eigenvalue weighted by atomic mass is 16.5. The van der Waals surface area contributed by atoms with Crippen molar-refractivity contribution >= 4 is 33.5 Å². The highest BCUT2D eigenvalue weighted by molar-refractivity contribution is 6.11. The Morgan fingerprint density at radius 3 is 2.37 bits per heavy atom. The molecule has 2 aliphatic rings. The highest BCUT2D eigenvalue weighted by Gasteiger charge is 2.22. The molecule has 0 unspecified atom stereocenters. The second-order valence-corrected chi connectivity index (χ2v) is 9.19. The summed E-state index contributed by atoms with van der Waals surface area (Å²) in [6.07, 6.45) is 10.5. The Morgan fingerprint density at radius 1 is 0.714 bits per heavy atom. The lowest BCUT2D eigenvalue weighted by molar-refractivity contribution is 0.348. The second-order valence-electron chi connectivity index (χ2n) is 9.19. The van der Waals surface area contributed by atoms with E-state index in [1.54, 1.807) is 0 Å². The zero-order valence-corrected chi connectivity index (χ0v) is 19.4. The first-order valence-corrected chi connectivity index (χ1v) is 12.2. The lowest BCUT2D eigenvalue weighted by atomic mass is 9.80. The highest BCUT2D eigenvalue weighted by Crippen LogP contribution is 2.44. The minimum absolute atomic E-state index is 0.642. The van der Waals surface area contributed by atoms with Crippen molar-refractivity contribution in [1.82, 2.24) is 4.98 Å². The Morgan fingerprint density at radius 2 is 1.51 bits per heavy atom. The van der Waals surface area contributed by atoms with E-state index in [4.69, 9.17) is 4.74 Å². The molecule has 1 aliphatic heterocycles. The first-order valence-electron chi connectivity index (χ1n) is 12.2. The molecule has 0 saturated heterocycles. The zero-order chi connectivity index (χ0) is 23.2. The minimum Gasteiger partial charge on any atom is -0.475 e. The van der Waals surface area contributed by atoms with Gasteiger partial charge in [0.15, 0.2) is 0 Å². The maximum Gasteiger partial charge on any atom is 0.217 e. The lowest BCUT2D eigenvalue weighted by Crippen LogP contribution is -2.05. The van der Waals surface area contributed by atoms with Gasteiger partial charge in [-0.05, 0) is 74.3 Å². The Bertz CT molecular complexity index is 1680. The molecule has 0 saturated carbocycles. The second kappa shape index (κ2) is 8.21. The molecule has 0 amide bonds. The fraction of sp³-hybridized carbons (Fsp3) is 0.125. The van der Waals surface area contributed by atoms with Gasteiger partial charge in [0.25, 0.3) is 0 Å². The van der Waals surface area contributed by atoms with Crippen molar-refractivity contribution < 1.29 is 4.74 Å². The molecule has 1 aromatic heterocycles. The van der Waals surface area contributed by atoms with Crippen LogP contribution in [0.3, 0.4) is 0 Å². The molecule has 0 fully saturated rings. The Labute approximate surface area is 204 Å². The Kier molecular flexibility index (Phi) is 4.73. The van der Waals surface area contributed by atoms with Gasteiger partial charge in [-0.1, -0.05) is 72.8 Å². The third kappa shape index (κ3) is 3.35. The minimum atomic E-state index is 0.642. The van der Waals surface area contributed by atoms with E-state index in [2.05, 4.69) is 94.9 Å². The molecule has 2 heterocycles. The van der Waals surface area contributed by atoms with Crippen molar-refractivity contribution in [1.29, 1.82) is 0 Å². The number of allylic oxidation sites excluding steroid dienone is 1. The molecule has 0 bridgehead atoms. The van der Waals surface area contributed by atoms with Gasteiger partial charge < -0.3 is 4.74 Å². The van der Waals surface area contributed by atoms with Crippen molar-refractivity contribution in [2.75, 3.05) is 13.2 Å². The number of fused-ring (bicyclic) bond motifs is 3. The summed E-state index contributed by atoms with van der Waals surface area (Å²) in [4.78, 5) is 9.11. The van der Waals surface area contributed by atoms with Crippen LogP contribution in [0.2, 0.25) is 0 Å². The summed E-state index contributed by atoms with van der Waals surface area (Å²) in [7, 11) is 0. The van der Waals surface area contributed by atoms with Crippen LogP contribution in [0.15, 0.2) is 96.3 Å². The van der Waals surface area contributed by atoms with Crippen LogP contribution in [-0.4, -0.2) is 24.0 Å². The Balaban J connectivity index is 1.53. The van der Waals surface area contributed by atoms with Gasteiger partial charge in [0.05, 0.1) is 12.1 Å². The molecule has 0 N–H and O–H groups in total. The maximum absolute atomic E-state index is 5.74. The summed E-state index contributed by atoms with van der Waals surface area (Å²) < 4.78 is 5.74. The van der Waals surface area contributed by atoms with Crippen LogP contribution in [0.4, 0.5) is 0 Å². The number of hydrogen-bond donors (Lipinski definition) is 0. The smallest absolute Gasteiger partial charge is 0.217 e. The van der Waals surface area contributed by atoms with Crippen LogP contribution in [0, 0.1) is 0 Å². The number of aromatic nitrogens is 1. The molecular formula is C32H24N2O. The Hall–Kier alpha value is -4.24. The molecule has 0 spiro atoms. The summed E-state index contributed by atoms with van der Waals surface area (Å²) in [5.74, 6) is 0.699. The molecule has 7 rings (SSSR count). The lowest BCUT2D eigenvalue weighted by Gasteiger charge is -2.24. The normalized spacial score (nSPS) is 14.7. The van der Waals surface area contributed by atoms with Gasteiger partial charge in [-0.15, -0.1) is 0 Å². The van der Waals surface area contributed by atoms with Gasteiger partial charge in [0.1, 0.15) is 6.61 Å². The van der Waals surface area contributed by atoms with Crippen LogP contribution in [-0.2, 0) is 11.2 Å². The van der Waals surface area contributed by atoms with Crippen molar-refractivity contribution in [2.24, 2.45) is 4.99 Å². The number of nitrogens with zero attached hydrogens (tertiary/aromatic N) is 2. The number of pyridine rings is 1. The molecular weight excluding hydrogens is 428 g/mol. The number of hydrogen-bond acceptors (Lipinski definition) is 3. The van der Waals surface area contributed by atoms with Crippen LogP contribution >= 0.6 is 0 Å². The summed E-state index contributed by atoms with van der Waals surface area (Å²) in [5, 5.41) is 5.06. The van der Waals surface area contributed by atoms with Gasteiger partial charge in [0, 0.05) is 18.0 Å². The molecule has 0 atom stereocenters. The van der Waals surface area contributed by atoms with Crippen LogP contribution in [0.1, 0.15) is 23.1 Å². The van der Waals surface area contributed by atoms with Gasteiger partial charge in [-0.25, -0.2) is 4.99 Å². The van der Waals surface area contributed by atoms with Crippen molar-refractivity contribution in [3.05, 3.63) is 108 Å². The summed E-state index contributed by atoms with van der Waals surface area (Å²) in [6.45, 7) is 1.35. The largest absolute Gasteiger partial charge is 0.475 e. The van der Waals surface area contributed by atoms with E-state index in [1.165, 1.54) is 49.4 Å². The van der Waals surface area contributed by atoms with E-state index < -0.39 is 0 Å². The van der Waals surface area contributed by atoms with Crippen LogP contribution in [0.5, 0.6) is 0 Å². The van der Waals surface area contributed by atoms with Gasteiger partial charge in [-0.2, -0.15) is 0 Å². The fourth-order valence-electron chi connectivity index (χ4n) is 5.57. The zero-order valence-electron chi connectivity index (χ0n) is 19.4. The average molecular weight is 453 g/mol. The van der Waals surface area contributed by atoms with Crippen molar-refractivity contribution in [2.45, 2.75) is 12.8 Å². The molecule has 4 aromatic carbocycles. The van der Waals surface area contributed by atoms with E-state index >= 15 is 0 Å². The van der Waals surface area contributed by atoms with E-state index in [1.807, 2.05) is 12.4 Å². The van der Waals surface area contributed by atoms with Gasteiger partial charge >= 0.3 is 0 Å². The fourth-order valence-corrected chi connectivity index (χ4v) is 5.57. The third-order valence-electron chi connectivity index (χ3n) is 7.10. The SMILES string of the molecule is C1=Cc2c(c(-c3cncc(C4=NCCO4)c3)c3ccccc3c2-c2ccc3ccccc3c2)CC1. The third-order valence-corrected chi connectivity index (χ3v) is 7.10. The predicted molar refractivity (Wildman–Crippen MR) is 145 cm³/mol. The molecule has 0 radical (unpaired) electrons. The molecule has 3 nitrogen and oxygen atoms in total. The van der Waals surface area contributed by atoms with E-state index in [-0.39, 0.29) is 0 Å². The van der Waals surface area contributed by atoms with Crippen LogP contribution < -0.4 is 0 Å². The van der Waals surface area contributed by atoms with E-state index in [9.17, 15) is 0 Å². The first-order chi connectivity index (χ1) is 17.4. The average Bonchev–Trinajstić information content (AvgIpc) is 3.47. The molecule has 35 heavy (non-hydrogen) atoms. The molecule has 168 valence electrons. The molecule has 3 heteroatoms. The summed E-state index contributed by atoms with van der Waals surface area (Å²) in [6, 6.07) is 26.4. The van der Waals surface area contributed by atoms with E-state index in [0.29, 0.717) is 19.0 Å².